The third kappa shape index (κ3) is 9.60. The average molecular weight is 779 g/mol. The molecule has 3 aromatic heterocycles. The van der Waals surface area contributed by atoms with Gasteiger partial charge >= 0.3 is 7.60 Å². The normalized spacial score (nSPS) is 14.7. The van der Waals surface area contributed by atoms with E-state index in [9.17, 15) is 27.4 Å². The molecule has 5 rings (SSSR count). The van der Waals surface area contributed by atoms with Gasteiger partial charge in [0, 0.05) is 26.1 Å². The van der Waals surface area contributed by atoms with Crippen LogP contribution in [-0.4, -0.2) is 110 Å². The minimum absolute atomic E-state index is 0.0121. The van der Waals surface area contributed by atoms with Crippen molar-refractivity contribution in [3.8, 4) is 0 Å². The average Bonchev–Trinajstić information content (AvgIpc) is 3.65. The summed E-state index contributed by atoms with van der Waals surface area (Å²) in [5.74, 6) is -1.37. The summed E-state index contributed by atoms with van der Waals surface area (Å²) in [6.45, 7) is 10.1. The van der Waals surface area contributed by atoms with E-state index >= 15 is 0 Å². The maximum absolute atomic E-state index is 13.4. The number of hydrogen-bond donors (Lipinski definition) is 3. The van der Waals surface area contributed by atoms with Gasteiger partial charge in [0.1, 0.15) is 18.6 Å². The largest absolute Gasteiger partial charge is 0.382 e. The van der Waals surface area contributed by atoms with Crippen LogP contribution in [0.15, 0.2) is 34.9 Å². The molecule has 21 heteroatoms. The first kappa shape index (κ1) is 39.0. The number of benzene rings is 1. The molecule has 0 aliphatic carbocycles. The Balaban J connectivity index is 1.14. The van der Waals surface area contributed by atoms with Gasteiger partial charge in [-0.05, 0) is 53.7 Å². The van der Waals surface area contributed by atoms with Crippen LogP contribution in [0.4, 0.5) is 11.8 Å². The molecule has 1 aliphatic heterocycles. The number of amides is 3. The summed E-state index contributed by atoms with van der Waals surface area (Å²) < 4.78 is 54.0. The lowest BCUT2D eigenvalue weighted by Gasteiger charge is -2.33. The zero-order valence-corrected chi connectivity index (χ0v) is 32.3. The zero-order valence-electron chi connectivity index (χ0n) is 29.8. The summed E-state index contributed by atoms with van der Waals surface area (Å²) >= 11 is 0.978. The van der Waals surface area contributed by atoms with Gasteiger partial charge in [0.25, 0.3) is 15.9 Å². The molecule has 0 spiro atoms. The fraction of sp³-hybridized carbons (Fsp3) is 0.516. The summed E-state index contributed by atoms with van der Waals surface area (Å²) in [5, 5.41) is 5.72. The van der Waals surface area contributed by atoms with Gasteiger partial charge in [-0.25, -0.2) is 14.3 Å². The summed E-state index contributed by atoms with van der Waals surface area (Å²) in [5.41, 5.74) is 5.69. The van der Waals surface area contributed by atoms with E-state index in [-0.39, 0.29) is 78.5 Å². The molecule has 0 saturated carbocycles. The first-order valence-corrected chi connectivity index (χ1v) is 20.4. The number of sulfonamides is 1. The molecule has 4 heterocycles. The van der Waals surface area contributed by atoms with Crippen LogP contribution in [0, 0.1) is 0 Å². The summed E-state index contributed by atoms with van der Waals surface area (Å²) in [6, 6.07) is 6.96. The van der Waals surface area contributed by atoms with E-state index in [2.05, 4.69) is 30.6 Å². The number of thiazole rings is 1. The fourth-order valence-corrected chi connectivity index (χ4v) is 10.3. The summed E-state index contributed by atoms with van der Waals surface area (Å²) in [7, 11) is -7.76. The highest BCUT2D eigenvalue weighted by Crippen LogP contribution is 2.54. The van der Waals surface area contributed by atoms with Gasteiger partial charge < -0.3 is 34.9 Å². The Morgan fingerprint density at radius 3 is 2.37 bits per heavy atom. The Labute approximate surface area is 305 Å². The third-order valence-corrected chi connectivity index (χ3v) is 12.9. The molecule has 1 aliphatic rings. The minimum Gasteiger partial charge on any atom is -0.382 e. The van der Waals surface area contributed by atoms with Gasteiger partial charge in [0.2, 0.25) is 22.1 Å². The number of hydrogen-bond acceptors (Lipinski definition) is 15. The van der Waals surface area contributed by atoms with E-state index in [0.29, 0.717) is 10.2 Å². The van der Waals surface area contributed by atoms with Crippen molar-refractivity contribution in [3.63, 3.8) is 0 Å². The summed E-state index contributed by atoms with van der Waals surface area (Å²) in [4.78, 5) is 57.2. The highest BCUT2D eigenvalue weighted by molar-refractivity contribution is 7.91. The van der Waals surface area contributed by atoms with Gasteiger partial charge in [0.15, 0.2) is 11.5 Å². The van der Waals surface area contributed by atoms with Crippen LogP contribution in [0.25, 0.3) is 21.4 Å². The number of nitrogens with two attached hydrogens (primary N) is 1. The molecule has 0 atom stereocenters. The van der Waals surface area contributed by atoms with Gasteiger partial charge in [0.05, 0.1) is 40.5 Å². The van der Waals surface area contributed by atoms with Gasteiger partial charge in [-0.2, -0.15) is 18.4 Å². The Kier molecular flexibility index (Phi) is 11.3. The highest BCUT2D eigenvalue weighted by Gasteiger charge is 2.38. The number of rotatable bonds is 13. The molecule has 52 heavy (non-hydrogen) atoms. The molecule has 1 aromatic carbocycles. The SMILES string of the molecule is CC(C)(C)OP(=O)(CCC(=O)NCCNc1nc(N)c2ncn(CC(=O)N3CCN(S(=O)(=O)c4nc5ccccc5s4)C(=O)C3)c2n1)OC(C)(C)C. The van der Waals surface area contributed by atoms with Crippen LogP contribution >= 0.6 is 18.9 Å². The van der Waals surface area contributed by atoms with E-state index < -0.39 is 47.2 Å². The maximum atomic E-state index is 13.4. The second kappa shape index (κ2) is 15.0. The topological polar surface area (TPSA) is 234 Å². The third-order valence-electron chi connectivity index (χ3n) is 7.28. The molecule has 0 radical (unpaired) electrons. The monoisotopic (exact) mass is 778 g/mol. The highest BCUT2D eigenvalue weighted by atomic mass is 32.2. The van der Waals surface area contributed by atoms with Crippen molar-refractivity contribution in [2.45, 2.75) is 70.0 Å². The maximum Gasteiger partial charge on any atom is 0.332 e. The van der Waals surface area contributed by atoms with Crippen LogP contribution in [0.3, 0.4) is 0 Å². The number of para-hydroxylation sites is 1. The number of nitrogens with one attached hydrogen (secondary N) is 2. The number of anilines is 2. The molecule has 0 bridgehead atoms. The van der Waals surface area contributed by atoms with Crippen molar-refractivity contribution in [1.82, 2.24) is 39.0 Å². The molecule has 0 unspecified atom stereocenters. The van der Waals surface area contributed by atoms with Crippen molar-refractivity contribution < 1.29 is 36.4 Å². The Morgan fingerprint density at radius 1 is 1.02 bits per heavy atom. The number of imidazole rings is 1. The van der Waals surface area contributed by atoms with Crippen LogP contribution in [0.2, 0.25) is 0 Å². The van der Waals surface area contributed by atoms with Crippen LogP contribution in [0.5, 0.6) is 0 Å². The lowest BCUT2D eigenvalue weighted by Crippen LogP contribution is -2.54. The molecular formula is C31H43N10O8PS2. The summed E-state index contributed by atoms with van der Waals surface area (Å²) in [6.07, 6.45) is 1.21. The number of nitrogens with zero attached hydrogens (tertiary/aromatic N) is 7. The van der Waals surface area contributed by atoms with E-state index in [4.69, 9.17) is 14.8 Å². The van der Waals surface area contributed by atoms with E-state index in [1.807, 2.05) is 0 Å². The van der Waals surface area contributed by atoms with Crippen molar-refractivity contribution in [1.29, 1.82) is 0 Å². The number of piperazine rings is 1. The molecule has 18 nitrogen and oxygen atoms in total. The molecular weight excluding hydrogens is 736 g/mol. The second-order valence-electron chi connectivity index (χ2n) is 14.0. The lowest BCUT2D eigenvalue weighted by molar-refractivity contribution is -0.142. The zero-order chi connectivity index (χ0) is 38.1. The smallest absolute Gasteiger partial charge is 0.332 e. The molecule has 1 saturated heterocycles. The number of carbonyl (C=O) groups is 3. The van der Waals surface area contributed by atoms with Crippen molar-refractivity contribution in [2.75, 3.05) is 49.9 Å². The predicted molar refractivity (Wildman–Crippen MR) is 195 cm³/mol. The minimum atomic E-state index is -4.19. The number of fused-ring (bicyclic) bond motifs is 2. The Morgan fingerprint density at radius 2 is 1.71 bits per heavy atom. The Hall–Kier alpha value is -4.23. The lowest BCUT2D eigenvalue weighted by atomic mass is 10.2. The Bertz CT molecular complexity index is 2090. The van der Waals surface area contributed by atoms with Crippen molar-refractivity contribution >= 4 is 79.8 Å². The standard InChI is InChI=1S/C31H43N10O8PS2/c1-30(2,3)48-50(45,49-31(4,5)6)16-11-22(42)33-12-13-34-28-37-26(32)25-27(38-28)40(19-35-25)17-23(43)39-14-15-41(24(44)18-39)52(46,47)29-36-20-9-7-8-10-21(20)51-29/h7-10,19H,11-18H2,1-6H3,(H,33,42)(H3,32,34,37,38). The van der Waals surface area contributed by atoms with E-state index in [0.717, 1.165) is 15.6 Å². The van der Waals surface area contributed by atoms with E-state index in [1.54, 1.807) is 65.8 Å². The van der Waals surface area contributed by atoms with Gasteiger partial charge in [-0.3, -0.25) is 18.9 Å². The molecule has 4 aromatic rings. The molecule has 3 amide bonds. The number of carbonyl (C=O) groups excluding carboxylic acids is 3. The first-order chi connectivity index (χ1) is 24.2. The van der Waals surface area contributed by atoms with Gasteiger partial charge in [-0.15, -0.1) is 11.3 Å². The van der Waals surface area contributed by atoms with Crippen LogP contribution < -0.4 is 16.4 Å². The van der Waals surface area contributed by atoms with Crippen LogP contribution in [-0.2, 0) is 44.6 Å². The van der Waals surface area contributed by atoms with Crippen molar-refractivity contribution in [3.05, 3.63) is 30.6 Å². The van der Waals surface area contributed by atoms with Crippen molar-refractivity contribution in [2.24, 2.45) is 0 Å². The quantitative estimate of drug-likeness (QED) is 0.131. The number of nitrogen functional groups attached to an aromatic ring is 1. The second-order valence-corrected chi connectivity index (χ2v) is 19.1. The predicted octanol–water partition coefficient (Wildman–Crippen LogP) is 2.82. The van der Waals surface area contributed by atoms with Crippen LogP contribution in [0.1, 0.15) is 48.0 Å². The number of aromatic nitrogens is 5. The first-order valence-electron chi connectivity index (χ1n) is 16.4. The van der Waals surface area contributed by atoms with Gasteiger partial charge in [-0.1, -0.05) is 12.1 Å². The fourth-order valence-electron chi connectivity index (χ4n) is 5.23. The van der Waals surface area contributed by atoms with E-state index in [1.165, 1.54) is 15.8 Å². The molecule has 4 N–H and O–H groups in total. The molecule has 1 fully saturated rings. The molecule has 282 valence electrons.